The summed E-state index contributed by atoms with van der Waals surface area (Å²) >= 11 is 6.30. The molecule has 0 spiro atoms. The van der Waals surface area contributed by atoms with E-state index >= 15 is 0 Å². The predicted molar refractivity (Wildman–Crippen MR) is 133 cm³/mol. The number of nitrogens with two attached hydrogens (primary N) is 1. The SMILES string of the molecule is COc1ccc(Nc2nc(Nc3cc(OCCN)ccc3OC)ncc2Cl)c(NS(C)(=O)=O)c1. The van der Waals surface area contributed by atoms with Crippen LogP contribution in [0.5, 0.6) is 17.2 Å². The van der Waals surface area contributed by atoms with Gasteiger partial charge in [-0.1, -0.05) is 11.6 Å². The Bertz CT molecular complexity index is 1260. The first-order valence-electron chi connectivity index (χ1n) is 9.95. The average molecular weight is 509 g/mol. The van der Waals surface area contributed by atoms with Crippen molar-refractivity contribution in [1.82, 2.24) is 9.97 Å². The summed E-state index contributed by atoms with van der Waals surface area (Å²) in [5, 5.41) is 6.33. The van der Waals surface area contributed by atoms with Crippen molar-refractivity contribution in [3.63, 3.8) is 0 Å². The number of nitrogens with one attached hydrogen (secondary N) is 3. The van der Waals surface area contributed by atoms with Gasteiger partial charge in [-0.05, 0) is 24.3 Å². The number of sulfonamides is 1. The van der Waals surface area contributed by atoms with E-state index in [1.54, 1.807) is 30.3 Å². The second-order valence-corrected chi connectivity index (χ2v) is 9.08. The van der Waals surface area contributed by atoms with Crippen molar-refractivity contribution in [3.8, 4) is 17.2 Å². The highest BCUT2D eigenvalue weighted by Gasteiger charge is 2.14. The number of rotatable bonds is 11. The van der Waals surface area contributed by atoms with Gasteiger partial charge in [-0.3, -0.25) is 4.72 Å². The molecule has 5 N–H and O–H groups in total. The minimum Gasteiger partial charge on any atom is -0.497 e. The second kappa shape index (κ2) is 11.1. The number of anilines is 5. The van der Waals surface area contributed by atoms with Crippen LogP contribution in [0.15, 0.2) is 42.6 Å². The summed E-state index contributed by atoms with van der Waals surface area (Å²) in [5.74, 6) is 2.07. The monoisotopic (exact) mass is 508 g/mol. The fourth-order valence-corrected chi connectivity index (χ4v) is 3.56. The Balaban J connectivity index is 1.91. The quantitative estimate of drug-likeness (QED) is 0.303. The molecule has 11 nitrogen and oxygen atoms in total. The van der Waals surface area contributed by atoms with E-state index in [0.717, 1.165) is 6.26 Å². The fraction of sp³-hybridized carbons (Fsp3) is 0.238. The molecule has 0 aliphatic rings. The van der Waals surface area contributed by atoms with Gasteiger partial charge in [0.25, 0.3) is 0 Å². The molecular formula is C21H25ClN6O5S. The summed E-state index contributed by atoms with van der Waals surface area (Å²) in [6.07, 6.45) is 2.46. The lowest BCUT2D eigenvalue weighted by molar-refractivity contribution is 0.327. The first-order valence-corrected chi connectivity index (χ1v) is 12.2. The largest absolute Gasteiger partial charge is 0.497 e. The lowest BCUT2D eigenvalue weighted by Gasteiger charge is -2.16. The molecule has 0 aliphatic heterocycles. The van der Waals surface area contributed by atoms with Crippen LogP contribution in [0.4, 0.5) is 28.8 Å². The molecule has 0 bridgehead atoms. The Morgan fingerprint density at radius 3 is 2.41 bits per heavy atom. The van der Waals surface area contributed by atoms with Crippen molar-refractivity contribution in [2.45, 2.75) is 0 Å². The van der Waals surface area contributed by atoms with Crippen LogP contribution < -0.4 is 35.3 Å². The van der Waals surface area contributed by atoms with Crippen LogP contribution in [0, 0.1) is 0 Å². The Morgan fingerprint density at radius 2 is 1.74 bits per heavy atom. The molecule has 0 atom stereocenters. The number of nitrogens with zero attached hydrogens (tertiary/aromatic N) is 2. The van der Waals surface area contributed by atoms with Crippen molar-refractivity contribution in [3.05, 3.63) is 47.6 Å². The van der Waals surface area contributed by atoms with Gasteiger partial charge < -0.3 is 30.6 Å². The van der Waals surface area contributed by atoms with Gasteiger partial charge in [0.05, 0.1) is 43.7 Å². The zero-order valence-corrected chi connectivity index (χ0v) is 20.3. The van der Waals surface area contributed by atoms with Crippen molar-refractivity contribution in [2.75, 3.05) is 49.0 Å². The average Bonchev–Trinajstić information content (AvgIpc) is 2.80. The number of methoxy groups -OCH3 is 2. The van der Waals surface area contributed by atoms with Gasteiger partial charge in [-0.25, -0.2) is 13.4 Å². The second-order valence-electron chi connectivity index (χ2n) is 6.93. The van der Waals surface area contributed by atoms with E-state index in [4.69, 9.17) is 31.5 Å². The number of hydrogen-bond donors (Lipinski definition) is 4. The number of halogens is 1. The van der Waals surface area contributed by atoms with Crippen molar-refractivity contribution >= 4 is 50.5 Å². The number of hydrogen-bond acceptors (Lipinski definition) is 10. The molecule has 34 heavy (non-hydrogen) atoms. The number of benzene rings is 2. The van der Waals surface area contributed by atoms with E-state index < -0.39 is 10.0 Å². The standard InChI is InChI=1S/C21H25ClN6O5S/c1-31-13-4-6-16(17(10-13)28-34(3,29)30)25-20-15(22)12-24-21(27-20)26-18-11-14(33-9-8-23)5-7-19(18)32-2/h4-7,10-12,28H,8-9,23H2,1-3H3,(H2,24,25,26,27). The Hall–Kier alpha value is -3.48. The zero-order chi connectivity index (χ0) is 24.7. The lowest BCUT2D eigenvalue weighted by Crippen LogP contribution is -2.12. The van der Waals surface area contributed by atoms with E-state index in [1.807, 2.05) is 0 Å². The van der Waals surface area contributed by atoms with Crippen LogP contribution in [0.25, 0.3) is 0 Å². The van der Waals surface area contributed by atoms with Crippen LogP contribution in [0.1, 0.15) is 0 Å². The fourth-order valence-electron chi connectivity index (χ4n) is 2.86. The minimum absolute atomic E-state index is 0.215. The molecule has 3 aromatic rings. The third-order valence-corrected chi connectivity index (χ3v) is 5.19. The van der Waals surface area contributed by atoms with Crippen LogP contribution in [-0.4, -0.2) is 52.0 Å². The summed E-state index contributed by atoms with van der Waals surface area (Å²) in [6, 6.07) is 10.1. The molecular weight excluding hydrogens is 484 g/mol. The van der Waals surface area contributed by atoms with Crippen molar-refractivity contribution in [2.24, 2.45) is 5.73 Å². The minimum atomic E-state index is -3.55. The third kappa shape index (κ3) is 6.76. The van der Waals surface area contributed by atoms with Gasteiger partial charge in [0.1, 0.15) is 28.9 Å². The number of aromatic nitrogens is 2. The van der Waals surface area contributed by atoms with Crippen LogP contribution >= 0.6 is 11.6 Å². The molecule has 0 radical (unpaired) electrons. The van der Waals surface area contributed by atoms with Crippen LogP contribution in [0.2, 0.25) is 5.02 Å². The molecule has 2 aromatic carbocycles. The molecule has 1 heterocycles. The molecule has 0 aliphatic carbocycles. The van der Waals surface area contributed by atoms with E-state index in [1.165, 1.54) is 26.5 Å². The van der Waals surface area contributed by atoms with E-state index in [2.05, 4.69) is 25.3 Å². The number of ether oxygens (including phenoxy) is 3. The summed E-state index contributed by atoms with van der Waals surface area (Å²) < 4.78 is 42.2. The highest BCUT2D eigenvalue weighted by molar-refractivity contribution is 7.92. The lowest BCUT2D eigenvalue weighted by atomic mass is 10.2. The first-order chi connectivity index (χ1) is 16.2. The van der Waals surface area contributed by atoms with Crippen molar-refractivity contribution < 1.29 is 22.6 Å². The van der Waals surface area contributed by atoms with E-state index in [0.29, 0.717) is 41.8 Å². The topological polar surface area (TPSA) is 150 Å². The van der Waals surface area contributed by atoms with Gasteiger partial charge in [0, 0.05) is 18.7 Å². The highest BCUT2D eigenvalue weighted by Crippen LogP contribution is 2.34. The maximum absolute atomic E-state index is 11.8. The van der Waals surface area contributed by atoms with Gasteiger partial charge >= 0.3 is 0 Å². The predicted octanol–water partition coefficient (Wildman–Crippen LogP) is 3.34. The Labute approximate surface area is 202 Å². The van der Waals surface area contributed by atoms with Crippen molar-refractivity contribution in [1.29, 1.82) is 0 Å². The molecule has 3 rings (SSSR count). The maximum Gasteiger partial charge on any atom is 0.229 e. The van der Waals surface area contributed by atoms with Gasteiger partial charge in [0.2, 0.25) is 16.0 Å². The molecule has 0 saturated carbocycles. The summed E-state index contributed by atoms with van der Waals surface area (Å²) in [5.41, 5.74) is 6.73. The molecule has 13 heteroatoms. The molecule has 0 fully saturated rings. The summed E-state index contributed by atoms with van der Waals surface area (Å²) in [4.78, 5) is 8.63. The molecule has 1 aromatic heterocycles. The zero-order valence-electron chi connectivity index (χ0n) is 18.8. The Morgan fingerprint density at radius 1 is 1.00 bits per heavy atom. The summed E-state index contributed by atoms with van der Waals surface area (Å²) in [6.45, 7) is 0.745. The van der Waals surface area contributed by atoms with Gasteiger partial charge in [0.15, 0.2) is 5.82 Å². The molecule has 0 unspecified atom stereocenters. The maximum atomic E-state index is 11.8. The smallest absolute Gasteiger partial charge is 0.229 e. The molecule has 182 valence electrons. The first kappa shape index (κ1) is 25.1. The molecule has 0 saturated heterocycles. The molecule has 0 amide bonds. The van der Waals surface area contributed by atoms with Crippen LogP contribution in [0.3, 0.4) is 0 Å². The Kier molecular flexibility index (Phi) is 8.21. The van der Waals surface area contributed by atoms with Gasteiger partial charge in [-0.2, -0.15) is 4.98 Å². The van der Waals surface area contributed by atoms with Gasteiger partial charge in [-0.15, -0.1) is 0 Å². The van der Waals surface area contributed by atoms with E-state index in [9.17, 15) is 8.42 Å². The third-order valence-electron chi connectivity index (χ3n) is 4.32. The summed E-state index contributed by atoms with van der Waals surface area (Å²) in [7, 11) is -0.531. The van der Waals surface area contributed by atoms with E-state index in [-0.39, 0.29) is 22.5 Å². The highest BCUT2D eigenvalue weighted by atomic mass is 35.5. The normalized spacial score (nSPS) is 11.0. The van der Waals surface area contributed by atoms with Crippen LogP contribution in [-0.2, 0) is 10.0 Å².